The van der Waals surface area contributed by atoms with Crippen molar-refractivity contribution in [3.8, 4) is 5.69 Å². The van der Waals surface area contributed by atoms with Crippen molar-refractivity contribution < 1.29 is 14.3 Å². The van der Waals surface area contributed by atoms with Gasteiger partial charge in [-0.25, -0.2) is 4.79 Å². The minimum Gasteiger partial charge on any atom is -0.465 e. The van der Waals surface area contributed by atoms with Crippen LogP contribution in [0.3, 0.4) is 0 Å². The average molecular weight is 403 g/mol. The number of benzene rings is 2. The smallest absolute Gasteiger partial charge is 0.325 e. The number of nitrogens with one attached hydrogen (secondary N) is 1. The Hall–Kier alpha value is -3.54. The van der Waals surface area contributed by atoms with Crippen molar-refractivity contribution in [2.75, 3.05) is 13.2 Å². The fraction of sp³-hybridized carbons (Fsp3) is 0.250. The van der Waals surface area contributed by atoms with Crippen LogP contribution < -0.4 is 5.32 Å². The first-order valence-corrected chi connectivity index (χ1v) is 10.1. The lowest BCUT2D eigenvalue weighted by Crippen LogP contribution is -2.44. The summed E-state index contributed by atoms with van der Waals surface area (Å²) < 4.78 is 7.09. The second-order valence-corrected chi connectivity index (χ2v) is 7.34. The van der Waals surface area contributed by atoms with Crippen molar-refractivity contribution in [2.45, 2.75) is 26.4 Å². The molecule has 0 aliphatic carbocycles. The lowest BCUT2D eigenvalue weighted by molar-refractivity contribution is -0.141. The molecule has 30 heavy (non-hydrogen) atoms. The standard InChI is InChI=1S/C24H25N3O3/c1-3-30-22(28)15-25-24(29)27-16-19-7-4-5-8-20(19)26-14-6-9-21(26)23(27)18-12-10-17(2)11-13-18/h4-14,23H,3,15-16H2,1-2H3,(H,25,29)/t23-/m1/s1. The number of carbonyl (C=O) groups excluding carboxylic acids is 2. The van der Waals surface area contributed by atoms with Crippen molar-refractivity contribution >= 4 is 12.0 Å². The first-order chi connectivity index (χ1) is 14.6. The Kier molecular flexibility index (Phi) is 5.57. The molecule has 0 bridgehead atoms. The summed E-state index contributed by atoms with van der Waals surface area (Å²) in [5.41, 5.74) is 5.25. The van der Waals surface area contributed by atoms with Gasteiger partial charge in [-0.3, -0.25) is 4.79 Å². The molecular formula is C24H25N3O3. The number of nitrogens with zero attached hydrogens (tertiary/aromatic N) is 2. The van der Waals surface area contributed by atoms with E-state index in [1.165, 1.54) is 0 Å². The fourth-order valence-electron chi connectivity index (χ4n) is 3.90. The van der Waals surface area contributed by atoms with Gasteiger partial charge in [0.25, 0.3) is 0 Å². The molecule has 0 radical (unpaired) electrons. The van der Waals surface area contributed by atoms with E-state index in [1.807, 2.05) is 43.5 Å². The van der Waals surface area contributed by atoms with E-state index in [0.717, 1.165) is 28.1 Å². The van der Waals surface area contributed by atoms with Gasteiger partial charge in [0, 0.05) is 11.9 Å². The number of para-hydroxylation sites is 1. The molecule has 2 heterocycles. The molecule has 4 rings (SSSR count). The third-order valence-electron chi connectivity index (χ3n) is 5.31. The molecule has 1 aliphatic rings. The number of rotatable bonds is 4. The van der Waals surface area contributed by atoms with Gasteiger partial charge in [-0.2, -0.15) is 0 Å². The van der Waals surface area contributed by atoms with Gasteiger partial charge in [-0.1, -0.05) is 48.0 Å². The predicted molar refractivity (Wildman–Crippen MR) is 114 cm³/mol. The van der Waals surface area contributed by atoms with Crippen LogP contribution in [0.4, 0.5) is 4.79 Å². The van der Waals surface area contributed by atoms with Gasteiger partial charge >= 0.3 is 12.0 Å². The van der Waals surface area contributed by atoms with Crippen LogP contribution in [0.2, 0.25) is 0 Å². The summed E-state index contributed by atoms with van der Waals surface area (Å²) in [5.74, 6) is -0.448. The molecule has 1 aromatic heterocycles. The minimum atomic E-state index is -0.448. The maximum Gasteiger partial charge on any atom is 0.325 e. The summed E-state index contributed by atoms with van der Waals surface area (Å²) in [4.78, 5) is 26.8. The van der Waals surface area contributed by atoms with E-state index in [1.54, 1.807) is 11.8 Å². The lowest BCUT2D eigenvalue weighted by atomic mass is 10.0. The summed E-state index contributed by atoms with van der Waals surface area (Å²) in [6.07, 6.45) is 2.02. The Labute approximate surface area is 176 Å². The van der Waals surface area contributed by atoms with Crippen molar-refractivity contribution in [3.63, 3.8) is 0 Å². The quantitative estimate of drug-likeness (QED) is 0.671. The van der Waals surface area contributed by atoms with Crippen LogP contribution in [-0.2, 0) is 16.1 Å². The highest BCUT2D eigenvalue weighted by Crippen LogP contribution is 2.36. The first-order valence-electron chi connectivity index (χ1n) is 10.1. The van der Waals surface area contributed by atoms with E-state index in [4.69, 9.17) is 4.74 Å². The lowest BCUT2D eigenvalue weighted by Gasteiger charge is -2.31. The van der Waals surface area contributed by atoms with Crippen LogP contribution in [0.15, 0.2) is 66.9 Å². The number of carbonyl (C=O) groups is 2. The Balaban J connectivity index is 1.76. The highest BCUT2D eigenvalue weighted by atomic mass is 16.5. The summed E-state index contributed by atoms with van der Waals surface area (Å²) in [5, 5.41) is 2.73. The highest BCUT2D eigenvalue weighted by molar-refractivity contribution is 5.81. The number of aromatic nitrogens is 1. The monoisotopic (exact) mass is 403 g/mol. The summed E-state index contributed by atoms with van der Waals surface area (Å²) in [6.45, 7) is 4.33. The zero-order chi connectivity index (χ0) is 21.1. The molecular weight excluding hydrogens is 378 g/mol. The number of ether oxygens (including phenoxy) is 1. The van der Waals surface area contributed by atoms with Crippen molar-refractivity contribution in [1.29, 1.82) is 0 Å². The molecule has 0 unspecified atom stereocenters. The predicted octanol–water partition coefficient (Wildman–Crippen LogP) is 3.96. The van der Waals surface area contributed by atoms with Crippen LogP contribution in [0.25, 0.3) is 5.69 Å². The molecule has 0 saturated heterocycles. The molecule has 2 aromatic carbocycles. The highest BCUT2D eigenvalue weighted by Gasteiger charge is 2.33. The van der Waals surface area contributed by atoms with E-state index in [9.17, 15) is 9.59 Å². The van der Waals surface area contributed by atoms with Crippen LogP contribution in [0.1, 0.15) is 35.3 Å². The number of aryl methyl sites for hydroxylation is 1. The molecule has 0 saturated carbocycles. The maximum atomic E-state index is 13.2. The van der Waals surface area contributed by atoms with Gasteiger partial charge in [0.2, 0.25) is 0 Å². The molecule has 6 heteroatoms. The molecule has 2 amide bonds. The number of esters is 1. The van der Waals surface area contributed by atoms with Gasteiger partial charge in [-0.05, 0) is 43.2 Å². The Morgan fingerprint density at radius 1 is 1.07 bits per heavy atom. The molecule has 1 aliphatic heterocycles. The van der Waals surface area contributed by atoms with E-state index in [2.05, 4.69) is 40.2 Å². The van der Waals surface area contributed by atoms with Gasteiger partial charge in [0.05, 0.1) is 24.9 Å². The Morgan fingerprint density at radius 2 is 1.83 bits per heavy atom. The van der Waals surface area contributed by atoms with Crippen LogP contribution in [0, 0.1) is 6.92 Å². The second-order valence-electron chi connectivity index (χ2n) is 7.34. The van der Waals surface area contributed by atoms with E-state index in [0.29, 0.717) is 6.54 Å². The number of hydrogen-bond donors (Lipinski definition) is 1. The largest absolute Gasteiger partial charge is 0.465 e. The zero-order valence-corrected chi connectivity index (χ0v) is 17.2. The van der Waals surface area contributed by atoms with Crippen LogP contribution in [0.5, 0.6) is 0 Å². The van der Waals surface area contributed by atoms with Crippen molar-refractivity contribution in [2.24, 2.45) is 0 Å². The van der Waals surface area contributed by atoms with Crippen molar-refractivity contribution in [3.05, 3.63) is 89.2 Å². The van der Waals surface area contributed by atoms with Gasteiger partial charge < -0.3 is 19.5 Å². The third kappa shape index (κ3) is 3.81. The van der Waals surface area contributed by atoms with Gasteiger partial charge in [0.1, 0.15) is 6.54 Å². The molecule has 3 aromatic rings. The van der Waals surface area contributed by atoms with E-state index in [-0.39, 0.29) is 25.2 Å². The third-order valence-corrected chi connectivity index (χ3v) is 5.31. The summed E-state index contributed by atoms with van der Waals surface area (Å²) in [7, 11) is 0. The van der Waals surface area contributed by atoms with Crippen LogP contribution in [-0.4, -0.2) is 34.6 Å². The van der Waals surface area contributed by atoms with Gasteiger partial charge in [0.15, 0.2) is 0 Å². The topological polar surface area (TPSA) is 63.6 Å². The fourth-order valence-corrected chi connectivity index (χ4v) is 3.90. The number of amides is 2. The number of urea groups is 1. The van der Waals surface area contributed by atoms with E-state index < -0.39 is 5.97 Å². The summed E-state index contributed by atoms with van der Waals surface area (Å²) in [6, 6.07) is 19.7. The van der Waals surface area contributed by atoms with Crippen molar-refractivity contribution in [1.82, 2.24) is 14.8 Å². The Morgan fingerprint density at radius 3 is 2.60 bits per heavy atom. The minimum absolute atomic E-state index is 0.160. The summed E-state index contributed by atoms with van der Waals surface area (Å²) >= 11 is 0. The zero-order valence-electron chi connectivity index (χ0n) is 17.2. The molecule has 0 spiro atoms. The second kappa shape index (κ2) is 8.45. The normalized spacial score (nSPS) is 15.0. The molecule has 1 N–H and O–H groups in total. The maximum absolute atomic E-state index is 13.2. The van der Waals surface area contributed by atoms with E-state index >= 15 is 0 Å². The molecule has 1 atom stereocenters. The van der Waals surface area contributed by atoms with Crippen LogP contribution >= 0.6 is 0 Å². The molecule has 154 valence electrons. The molecule has 6 nitrogen and oxygen atoms in total. The first kappa shape index (κ1) is 19.8. The molecule has 0 fully saturated rings. The Bertz CT molecular complexity index is 1060. The average Bonchev–Trinajstić information content (AvgIpc) is 3.17. The number of hydrogen-bond acceptors (Lipinski definition) is 3. The number of fused-ring (bicyclic) bond motifs is 3. The van der Waals surface area contributed by atoms with Gasteiger partial charge in [-0.15, -0.1) is 0 Å². The SMILES string of the molecule is CCOC(=O)CNC(=O)N1Cc2ccccc2-n2cccc2[C@H]1c1ccc(C)cc1.